The van der Waals surface area contributed by atoms with E-state index in [1.807, 2.05) is 0 Å². The smallest absolute Gasteiger partial charge is 0.346 e. The first-order chi connectivity index (χ1) is 10.5. The Hall–Kier alpha value is -2.25. The lowest BCUT2D eigenvalue weighted by atomic mass is 10.1. The van der Waals surface area contributed by atoms with Crippen molar-refractivity contribution < 1.29 is 18.7 Å². The van der Waals surface area contributed by atoms with Crippen LogP contribution in [0.25, 0.3) is 0 Å². The molecule has 0 aromatic carbocycles. The highest BCUT2D eigenvalue weighted by Gasteiger charge is 2.08. The van der Waals surface area contributed by atoms with E-state index >= 15 is 0 Å². The van der Waals surface area contributed by atoms with Gasteiger partial charge in [-0.25, -0.2) is 9.18 Å². The molecule has 22 heavy (non-hydrogen) atoms. The van der Waals surface area contributed by atoms with Gasteiger partial charge in [-0.05, 0) is 12.8 Å². The molecule has 1 amide bonds. The number of esters is 1. The van der Waals surface area contributed by atoms with E-state index in [-0.39, 0.29) is 24.1 Å². The molecule has 0 bridgehead atoms. The Morgan fingerprint density at radius 3 is 2.55 bits per heavy atom. The standard InChI is InChI=1S/C14H20FN3O4/c1-22-12(20)8-6-4-2-3-5-7-11(19)17-13-10(15)9-16-14(21)18-13/h9H,2-8H2,1H3,(H2,16,17,18,19,21). The van der Waals surface area contributed by atoms with E-state index in [1.54, 1.807) is 0 Å². The van der Waals surface area contributed by atoms with Gasteiger partial charge in [0.1, 0.15) is 0 Å². The van der Waals surface area contributed by atoms with Crippen molar-refractivity contribution in [3.05, 3.63) is 22.5 Å². The molecule has 0 fully saturated rings. The first-order valence-electron chi connectivity index (χ1n) is 7.14. The van der Waals surface area contributed by atoms with Crippen molar-refractivity contribution in [2.45, 2.75) is 44.9 Å². The summed E-state index contributed by atoms with van der Waals surface area (Å²) < 4.78 is 17.8. The van der Waals surface area contributed by atoms with Crippen molar-refractivity contribution in [1.29, 1.82) is 0 Å². The predicted molar refractivity (Wildman–Crippen MR) is 77.8 cm³/mol. The van der Waals surface area contributed by atoms with Crippen LogP contribution >= 0.6 is 0 Å². The molecule has 1 rings (SSSR count). The Balaban J connectivity index is 2.15. The summed E-state index contributed by atoms with van der Waals surface area (Å²) in [4.78, 5) is 38.8. The van der Waals surface area contributed by atoms with E-state index in [4.69, 9.17) is 0 Å². The first kappa shape index (κ1) is 17.8. The molecule has 1 heterocycles. The number of amides is 1. The maximum atomic E-state index is 13.3. The van der Waals surface area contributed by atoms with Crippen molar-refractivity contribution in [3.8, 4) is 0 Å². The molecule has 122 valence electrons. The van der Waals surface area contributed by atoms with Crippen LogP contribution in [0.4, 0.5) is 10.2 Å². The fourth-order valence-electron chi connectivity index (χ4n) is 1.86. The van der Waals surface area contributed by atoms with Crippen LogP contribution in [0, 0.1) is 5.82 Å². The topological polar surface area (TPSA) is 101 Å². The molecule has 7 nitrogen and oxygen atoms in total. The van der Waals surface area contributed by atoms with Crippen LogP contribution in [-0.4, -0.2) is 29.0 Å². The van der Waals surface area contributed by atoms with Crippen LogP contribution in [0.5, 0.6) is 0 Å². The molecule has 0 unspecified atom stereocenters. The number of anilines is 1. The molecule has 2 N–H and O–H groups in total. The average molecular weight is 313 g/mol. The lowest BCUT2D eigenvalue weighted by Crippen LogP contribution is -2.19. The molecule has 0 aliphatic rings. The van der Waals surface area contributed by atoms with Gasteiger partial charge in [0.25, 0.3) is 0 Å². The van der Waals surface area contributed by atoms with Crippen LogP contribution in [-0.2, 0) is 14.3 Å². The third-order valence-electron chi connectivity index (χ3n) is 3.04. The van der Waals surface area contributed by atoms with E-state index < -0.39 is 11.5 Å². The summed E-state index contributed by atoms with van der Waals surface area (Å²) in [5.41, 5.74) is -0.720. The van der Waals surface area contributed by atoms with Gasteiger partial charge in [0.15, 0.2) is 11.6 Å². The van der Waals surface area contributed by atoms with Crippen molar-refractivity contribution in [3.63, 3.8) is 0 Å². The van der Waals surface area contributed by atoms with Gasteiger partial charge in [-0.1, -0.05) is 19.3 Å². The summed E-state index contributed by atoms with van der Waals surface area (Å²) in [5, 5.41) is 2.30. The molecular formula is C14H20FN3O4. The van der Waals surface area contributed by atoms with Crippen LogP contribution < -0.4 is 11.0 Å². The third kappa shape index (κ3) is 6.96. The molecule has 0 atom stereocenters. The van der Waals surface area contributed by atoms with Crippen LogP contribution in [0.2, 0.25) is 0 Å². The zero-order valence-electron chi connectivity index (χ0n) is 12.5. The van der Waals surface area contributed by atoms with Crippen LogP contribution in [0.1, 0.15) is 44.9 Å². The Morgan fingerprint density at radius 1 is 1.23 bits per heavy atom. The van der Waals surface area contributed by atoms with Crippen molar-refractivity contribution in [2.24, 2.45) is 0 Å². The Morgan fingerprint density at radius 2 is 1.86 bits per heavy atom. The zero-order chi connectivity index (χ0) is 16.4. The van der Waals surface area contributed by atoms with Gasteiger partial charge in [0, 0.05) is 12.8 Å². The lowest BCUT2D eigenvalue weighted by Gasteiger charge is -2.05. The highest BCUT2D eigenvalue weighted by Crippen LogP contribution is 2.10. The zero-order valence-corrected chi connectivity index (χ0v) is 12.5. The Labute approximate surface area is 127 Å². The maximum absolute atomic E-state index is 13.3. The SMILES string of the molecule is COC(=O)CCCCCCCC(=O)Nc1[nH]c(=O)ncc1F. The highest BCUT2D eigenvalue weighted by atomic mass is 19.1. The monoisotopic (exact) mass is 313 g/mol. The second kappa shape index (κ2) is 9.64. The largest absolute Gasteiger partial charge is 0.469 e. The molecule has 1 aromatic heterocycles. The second-order valence-corrected chi connectivity index (χ2v) is 4.80. The van der Waals surface area contributed by atoms with Gasteiger partial charge in [0.05, 0.1) is 13.3 Å². The van der Waals surface area contributed by atoms with E-state index in [9.17, 15) is 18.8 Å². The van der Waals surface area contributed by atoms with E-state index in [1.165, 1.54) is 7.11 Å². The minimum absolute atomic E-state index is 0.215. The summed E-state index contributed by atoms with van der Waals surface area (Å²) in [6.07, 6.45) is 5.46. The first-order valence-corrected chi connectivity index (χ1v) is 7.14. The van der Waals surface area contributed by atoms with Crippen LogP contribution in [0.15, 0.2) is 11.0 Å². The van der Waals surface area contributed by atoms with Gasteiger partial charge in [0.2, 0.25) is 5.91 Å². The number of aromatic amines is 1. The number of H-pyrrole nitrogens is 1. The van der Waals surface area contributed by atoms with Crippen molar-refractivity contribution >= 4 is 17.7 Å². The van der Waals surface area contributed by atoms with E-state index in [2.05, 4.69) is 20.0 Å². The van der Waals surface area contributed by atoms with Gasteiger partial charge < -0.3 is 10.1 Å². The molecule has 0 spiro atoms. The third-order valence-corrected chi connectivity index (χ3v) is 3.04. The number of nitrogens with one attached hydrogen (secondary N) is 2. The summed E-state index contributed by atoms with van der Waals surface area (Å²) in [6, 6.07) is 0. The number of hydrogen-bond donors (Lipinski definition) is 2. The lowest BCUT2D eigenvalue weighted by molar-refractivity contribution is -0.140. The van der Waals surface area contributed by atoms with Gasteiger partial charge in [-0.15, -0.1) is 0 Å². The highest BCUT2D eigenvalue weighted by molar-refractivity contribution is 5.89. The molecular weight excluding hydrogens is 293 g/mol. The maximum Gasteiger partial charge on any atom is 0.346 e. The van der Waals surface area contributed by atoms with Crippen LogP contribution in [0.3, 0.4) is 0 Å². The minimum Gasteiger partial charge on any atom is -0.469 e. The number of hydrogen-bond acceptors (Lipinski definition) is 5. The van der Waals surface area contributed by atoms with Crippen molar-refractivity contribution in [1.82, 2.24) is 9.97 Å². The second-order valence-electron chi connectivity index (χ2n) is 4.80. The van der Waals surface area contributed by atoms with E-state index in [0.29, 0.717) is 12.8 Å². The number of aromatic nitrogens is 2. The molecule has 8 heteroatoms. The van der Waals surface area contributed by atoms with Crippen molar-refractivity contribution in [2.75, 3.05) is 12.4 Å². The number of ether oxygens (including phenoxy) is 1. The quantitative estimate of drug-likeness (QED) is 0.534. The molecule has 1 aromatic rings. The number of halogens is 1. The molecule has 0 aliphatic carbocycles. The Bertz CT molecular complexity index is 559. The summed E-state index contributed by atoms with van der Waals surface area (Å²) >= 11 is 0. The van der Waals surface area contributed by atoms with E-state index in [0.717, 1.165) is 31.9 Å². The molecule has 0 radical (unpaired) electrons. The normalized spacial score (nSPS) is 10.3. The summed E-state index contributed by atoms with van der Waals surface area (Å²) in [7, 11) is 1.36. The molecule has 0 saturated heterocycles. The predicted octanol–water partition coefficient (Wildman–Crippen LogP) is 1.75. The number of rotatable bonds is 9. The van der Waals surface area contributed by atoms with Gasteiger partial charge >= 0.3 is 11.7 Å². The number of unbranched alkanes of at least 4 members (excludes halogenated alkanes) is 4. The fraction of sp³-hybridized carbons (Fsp3) is 0.571. The Kier molecular flexibility index (Phi) is 7.80. The number of methoxy groups -OCH3 is 1. The molecule has 0 aliphatic heterocycles. The summed E-state index contributed by atoms with van der Waals surface area (Å²) in [6.45, 7) is 0. The number of carbonyl (C=O) groups is 2. The molecule has 0 saturated carbocycles. The van der Waals surface area contributed by atoms with Gasteiger partial charge in [-0.2, -0.15) is 4.98 Å². The number of nitrogens with zero attached hydrogens (tertiary/aromatic N) is 1. The fourth-order valence-corrected chi connectivity index (χ4v) is 1.86. The number of carbonyl (C=O) groups excluding carboxylic acids is 2. The minimum atomic E-state index is -0.782. The average Bonchev–Trinajstić information content (AvgIpc) is 2.49. The summed E-state index contributed by atoms with van der Waals surface area (Å²) in [5.74, 6) is -1.62. The van der Waals surface area contributed by atoms with Gasteiger partial charge in [-0.3, -0.25) is 14.6 Å².